The fourth-order valence-corrected chi connectivity index (χ4v) is 2.39. The molecule has 1 aromatic carbocycles. The van der Waals surface area contributed by atoms with Gasteiger partial charge in [0, 0.05) is 12.7 Å². The van der Waals surface area contributed by atoms with E-state index < -0.39 is 0 Å². The number of nitrogens with zero attached hydrogens (tertiary/aromatic N) is 2. The second kappa shape index (κ2) is 7.52. The van der Waals surface area contributed by atoms with E-state index in [9.17, 15) is 0 Å². The number of nitrogens with one attached hydrogen (secondary N) is 1. The predicted molar refractivity (Wildman–Crippen MR) is 87.5 cm³/mol. The Morgan fingerprint density at radius 1 is 1.29 bits per heavy atom. The highest BCUT2D eigenvalue weighted by Gasteiger charge is 2.05. The summed E-state index contributed by atoms with van der Waals surface area (Å²) in [6, 6.07) is 5.93. The number of rotatable bonds is 6. The molecular formula is C16H20BrN3O. The number of benzene rings is 1. The van der Waals surface area contributed by atoms with Gasteiger partial charge in [-0.1, -0.05) is 19.9 Å². The first-order chi connectivity index (χ1) is 10.0. The first-order valence-corrected chi connectivity index (χ1v) is 7.79. The minimum Gasteiger partial charge on any atom is -0.436 e. The molecule has 4 nitrogen and oxygen atoms in total. The van der Waals surface area contributed by atoms with Crippen molar-refractivity contribution in [1.82, 2.24) is 15.3 Å². The van der Waals surface area contributed by atoms with E-state index in [-0.39, 0.29) is 0 Å². The SMILES string of the molecule is Cc1ccc(Oc2cncc(CNCC(C)C)n2)c(Br)c1. The fraction of sp³-hybridized carbons (Fsp3) is 0.375. The minimum absolute atomic E-state index is 0.503. The highest BCUT2D eigenvalue weighted by atomic mass is 79.9. The van der Waals surface area contributed by atoms with Crippen LogP contribution in [0.3, 0.4) is 0 Å². The topological polar surface area (TPSA) is 47.0 Å². The van der Waals surface area contributed by atoms with E-state index in [2.05, 4.69) is 45.1 Å². The molecule has 0 fully saturated rings. The second-order valence-electron chi connectivity index (χ2n) is 5.41. The van der Waals surface area contributed by atoms with Crippen molar-refractivity contribution in [3.8, 4) is 11.6 Å². The van der Waals surface area contributed by atoms with Crippen LogP contribution < -0.4 is 10.1 Å². The Kier molecular flexibility index (Phi) is 5.70. The number of ether oxygens (including phenoxy) is 1. The van der Waals surface area contributed by atoms with Gasteiger partial charge in [0.05, 0.1) is 16.4 Å². The maximum Gasteiger partial charge on any atom is 0.238 e. The largest absolute Gasteiger partial charge is 0.436 e. The second-order valence-corrected chi connectivity index (χ2v) is 6.26. The maximum atomic E-state index is 5.78. The van der Waals surface area contributed by atoms with Crippen LogP contribution in [0.5, 0.6) is 11.6 Å². The average Bonchev–Trinajstić information content (AvgIpc) is 2.42. The Hall–Kier alpha value is -1.46. The van der Waals surface area contributed by atoms with Crippen LogP contribution in [0.2, 0.25) is 0 Å². The van der Waals surface area contributed by atoms with Crippen molar-refractivity contribution in [3.63, 3.8) is 0 Å². The van der Waals surface area contributed by atoms with Crippen LogP contribution in [0.4, 0.5) is 0 Å². The molecule has 1 aromatic heterocycles. The molecular weight excluding hydrogens is 330 g/mol. The Bertz CT molecular complexity index is 602. The van der Waals surface area contributed by atoms with Crippen molar-refractivity contribution in [1.29, 1.82) is 0 Å². The molecule has 0 saturated carbocycles. The molecule has 0 spiro atoms. The summed E-state index contributed by atoms with van der Waals surface area (Å²) >= 11 is 3.50. The first kappa shape index (κ1) is 15.9. The van der Waals surface area contributed by atoms with Gasteiger partial charge in [0.1, 0.15) is 5.75 Å². The fourth-order valence-electron chi connectivity index (χ4n) is 1.81. The van der Waals surface area contributed by atoms with Crippen molar-refractivity contribution >= 4 is 15.9 Å². The molecule has 0 amide bonds. The third-order valence-corrected chi connectivity index (χ3v) is 3.44. The minimum atomic E-state index is 0.503. The van der Waals surface area contributed by atoms with Gasteiger partial charge in [-0.15, -0.1) is 0 Å². The van der Waals surface area contributed by atoms with Crippen LogP contribution in [-0.2, 0) is 6.54 Å². The normalized spacial score (nSPS) is 10.9. The van der Waals surface area contributed by atoms with Gasteiger partial charge in [0.2, 0.25) is 5.88 Å². The number of aryl methyl sites for hydroxylation is 1. The van der Waals surface area contributed by atoms with Crippen molar-refractivity contribution in [2.75, 3.05) is 6.54 Å². The quantitative estimate of drug-likeness (QED) is 0.853. The summed E-state index contributed by atoms with van der Waals surface area (Å²) in [5.74, 6) is 1.85. The summed E-state index contributed by atoms with van der Waals surface area (Å²) in [7, 11) is 0. The van der Waals surface area contributed by atoms with E-state index in [1.807, 2.05) is 25.1 Å². The molecule has 112 valence electrons. The van der Waals surface area contributed by atoms with Crippen molar-refractivity contribution in [3.05, 3.63) is 46.3 Å². The molecule has 0 aliphatic carbocycles. The van der Waals surface area contributed by atoms with Crippen LogP contribution in [0.1, 0.15) is 25.1 Å². The highest BCUT2D eigenvalue weighted by molar-refractivity contribution is 9.10. The van der Waals surface area contributed by atoms with Crippen LogP contribution in [0.15, 0.2) is 35.1 Å². The van der Waals surface area contributed by atoms with Crippen LogP contribution >= 0.6 is 15.9 Å². The van der Waals surface area contributed by atoms with Crippen molar-refractivity contribution in [2.45, 2.75) is 27.3 Å². The average molecular weight is 350 g/mol. The highest BCUT2D eigenvalue weighted by Crippen LogP contribution is 2.29. The van der Waals surface area contributed by atoms with Gasteiger partial charge in [-0.3, -0.25) is 4.98 Å². The van der Waals surface area contributed by atoms with Gasteiger partial charge < -0.3 is 10.1 Å². The molecule has 0 aliphatic rings. The number of halogens is 1. The molecule has 1 heterocycles. The molecule has 0 bridgehead atoms. The number of aromatic nitrogens is 2. The van der Waals surface area contributed by atoms with Crippen LogP contribution in [0, 0.1) is 12.8 Å². The Labute approximate surface area is 134 Å². The lowest BCUT2D eigenvalue weighted by atomic mass is 10.2. The summed E-state index contributed by atoms with van der Waals surface area (Å²) in [6.07, 6.45) is 3.38. The van der Waals surface area contributed by atoms with E-state index >= 15 is 0 Å². The number of hydrogen-bond acceptors (Lipinski definition) is 4. The lowest BCUT2D eigenvalue weighted by molar-refractivity contribution is 0.452. The molecule has 0 aliphatic heterocycles. The lowest BCUT2D eigenvalue weighted by Gasteiger charge is -2.09. The molecule has 2 rings (SSSR count). The zero-order chi connectivity index (χ0) is 15.2. The van der Waals surface area contributed by atoms with Gasteiger partial charge in [-0.25, -0.2) is 4.98 Å². The zero-order valence-corrected chi connectivity index (χ0v) is 14.1. The van der Waals surface area contributed by atoms with E-state index in [0.717, 1.165) is 22.5 Å². The third-order valence-electron chi connectivity index (χ3n) is 2.82. The van der Waals surface area contributed by atoms with Gasteiger partial charge in [-0.2, -0.15) is 0 Å². The molecule has 5 heteroatoms. The summed E-state index contributed by atoms with van der Waals surface area (Å²) in [6.45, 7) is 8.03. The molecule has 21 heavy (non-hydrogen) atoms. The summed E-state index contributed by atoms with van der Waals surface area (Å²) < 4.78 is 6.69. The van der Waals surface area contributed by atoms with Crippen LogP contribution in [0.25, 0.3) is 0 Å². The van der Waals surface area contributed by atoms with Gasteiger partial charge in [-0.05, 0) is 53.0 Å². The van der Waals surface area contributed by atoms with Gasteiger partial charge in [0.25, 0.3) is 0 Å². The van der Waals surface area contributed by atoms with Crippen LogP contribution in [-0.4, -0.2) is 16.5 Å². The van der Waals surface area contributed by atoms with Crippen molar-refractivity contribution < 1.29 is 4.74 Å². The Morgan fingerprint density at radius 2 is 2.10 bits per heavy atom. The third kappa shape index (κ3) is 5.10. The Balaban J connectivity index is 2.03. The zero-order valence-electron chi connectivity index (χ0n) is 12.6. The van der Waals surface area contributed by atoms with E-state index in [4.69, 9.17) is 4.74 Å². The number of hydrogen-bond donors (Lipinski definition) is 1. The van der Waals surface area contributed by atoms with E-state index in [0.29, 0.717) is 18.3 Å². The summed E-state index contributed by atoms with van der Waals surface area (Å²) in [5, 5.41) is 3.34. The summed E-state index contributed by atoms with van der Waals surface area (Å²) in [4.78, 5) is 8.64. The molecule has 0 radical (unpaired) electrons. The first-order valence-electron chi connectivity index (χ1n) is 7.00. The Morgan fingerprint density at radius 3 is 2.81 bits per heavy atom. The maximum absolute atomic E-state index is 5.78. The molecule has 1 N–H and O–H groups in total. The monoisotopic (exact) mass is 349 g/mol. The molecule has 0 saturated heterocycles. The lowest BCUT2D eigenvalue weighted by Crippen LogP contribution is -2.19. The predicted octanol–water partition coefficient (Wildman–Crippen LogP) is 4.09. The molecule has 0 unspecified atom stereocenters. The van der Waals surface area contributed by atoms with Gasteiger partial charge >= 0.3 is 0 Å². The van der Waals surface area contributed by atoms with E-state index in [1.165, 1.54) is 5.56 Å². The summed E-state index contributed by atoms with van der Waals surface area (Å²) in [5.41, 5.74) is 2.04. The molecule has 0 atom stereocenters. The molecule has 2 aromatic rings. The standard InChI is InChI=1S/C16H20BrN3O/c1-11(2)7-18-8-13-9-19-10-16(20-13)21-15-5-4-12(3)6-14(15)17/h4-6,9-11,18H,7-8H2,1-3H3. The van der Waals surface area contributed by atoms with Crippen molar-refractivity contribution in [2.24, 2.45) is 5.92 Å². The van der Waals surface area contributed by atoms with E-state index in [1.54, 1.807) is 12.4 Å². The van der Waals surface area contributed by atoms with Gasteiger partial charge in [0.15, 0.2) is 0 Å². The smallest absolute Gasteiger partial charge is 0.238 e.